The lowest BCUT2D eigenvalue weighted by Gasteiger charge is -2.45. The van der Waals surface area contributed by atoms with Gasteiger partial charge in [-0.15, -0.1) is 0 Å². The lowest BCUT2D eigenvalue weighted by atomic mass is 9.97. The monoisotopic (exact) mass is 248 g/mol. The Kier molecular flexibility index (Phi) is 3.64. The van der Waals surface area contributed by atoms with Crippen LogP contribution in [0.1, 0.15) is 25.0 Å². The second-order valence-electron chi connectivity index (χ2n) is 6.01. The maximum Gasteiger partial charge on any atom is 0.0602 e. The van der Waals surface area contributed by atoms with Crippen molar-refractivity contribution in [3.63, 3.8) is 0 Å². The van der Waals surface area contributed by atoms with E-state index in [0.29, 0.717) is 0 Å². The van der Waals surface area contributed by atoms with Gasteiger partial charge in [-0.1, -0.05) is 12.1 Å². The van der Waals surface area contributed by atoms with Crippen LogP contribution in [0.3, 0.4) is 0 Å². The van der Waals surface area contributed by atoms with Gasteiger partial charge in [0.2, 0.25) is 0 Å². The summed E-state index contributed by atoms with van der Waals surface area (Å²) < 4.78 is 0. The topological polar surface area (TPSA) is 35.5 Å². The van der Waals surface area contributed by atoms with Crippen molar-refractivity contribution in [1.82, 2.24) is 5.32 Å². The average Bonchev–Trinajstić information content (AvgIpc) is 2.30. The van der Waals surface area contributed by atoms with Crippen molar-refractivity contribution >= 4 is 5.69 Å². The van der Waals surface area contributed by atoms with Gasteiger partial charge >= 0.3 is 0 Å². The van der Waals surface area contributed by atoms with Crippen LogP contribution in [0.25, 0.3) is 0 Å². The predicted octanol–water partition coefficient (Wildman–Crippen LogP) is 1.85. The van der Waals surface area contributed by atoms with Crippen molar-refractivity contribution in [3.05, 3.63) is 29.3 Å². The number of piperazine rings is 1. The molecule has 1 heterocycles. The molecule has 1 aromatic rings. The van der Waals surface area contributed by atoms with E-state index in [-0.39, 0.29) is 18.2 Å². The molecule has 0 bridgehead atoms. The number of anilines is 1. The lowest BCUT2D eigenvalue weighted by molar-refractivity contribution is 0.191. The first-order chi connectivity index (χ1) is 8.43. The SMILES string of the molecule is Cc1cccc(N2CC(CO)NC(C)(C)C2)c1C. The standard InChI is InChI=1S/C15H24N2O/c1-11-6-5-7-14(12(11)2)17-8-13(9-18)16-15(3,4)10-17/h5-7,13,16,18H,8-10H2,1-4H3. The highest BCUT2D eigenvalue weighted by molar-refractivity contribution is 5.56. The molecule has 0 saturated carbocycles. The van der Waals surface area contributed by atoms with Crippen molar-refractivity contribution in [3.8, 4) is 0 Å². The summed E-state index contributed by atoms with van der Waals surface area (Å²) in [5.41, 5.74) is 3.99. The highest BCUT2D eigenvalue weighted by Crippen LogP contribution is 2.26. The van der Waals surface area contributed by atoms with E-state index in [0.717, 1.165) is 13.1 Å². The third-order valence-corrected chi connectivity index (χ3v) is 3.76. The Morgan fingerprint density at radius 2 is 2.11 bits per heavy atom. The van der Waals surface area contributed by atoms with Crippen molar-refractivity contribution in [2.24, 2.45) is 0 Å². The largest absolute Gasteiger partial charge is 0.395 e. The van der Waals surface area contributed by atoms with Gasteiger partial charge < -0.3 is 15.3 Å². The molecule has 3 heteroatoms. The van der Waals surface area contributed by atoms with Crippen molar-refractivity contribution in [2.45, 2.75) is 39.3 Å². The molecule has 2 N–H and O–H groups in total. The van der Waals surface area contributed by atoms with E-state index < -0.39 is 0 Å². The molecule has 0 aliphatic carbocycles. The van der Waals surface area contributed by atoms with Gasteiger partial charge in [-0.25, -0.2) is 0 Å². The Morgan fingerprint density at radius 1 is 1.39 bits per heavy atom. The van der Waals surface area contributed by atoms with E-state index in [9.17, 15) is 5.11 Å². The van der Waals surface area contributed by atoms with Gasteiger partial charge in [0.15, 0.2) is 0 Å². The Hall–Kier alpha value is -1.06. The molecule has 100 valence electrons. The summed E-state index contributed by atoms with van der Waals surface area (Å²) >= 11 is 0. The van der Waals surface area contributed by atoms with Crippen molar-refractivity contribution in [1.29, 1.82) is 0 Å². The molecule has 1 saturated heterocycles. The molecule has 1 fully saturated rings. The van der Waals surface area contributed by atoms with E-state index in [1.807, 2.05) is 0 Å². The molecule has 1 aromatic carbocycles. The molecule has 1 atom stereocenters. The smallest absolute Gasteiger partial charge is 0.0602 e. The first-order valence-electron chi connectivity index (χ1n) is 6.63. The van der Waals surface area contributed by atoms with Gasteiger partial charge in [0.25, 0.3) is 0 Å². The number of hydrogen-bond acceptors (Lipinski definition) is 3. The van der Waals surface area contributed by atoms with E-state index in [1.54, 1.807) is 0 Å². The Bertz CT molecular complexity index is 429. The quantitative estimate of drug-likeness (QED) is 0.838. The fourth-order valence-corrected chi connectivity index (χ4v) is 2.82. The minimum atomic E-state index is 0.0296. The second-order valence-corrected chi connectivity index (χ2v) is 6.01. The number of hydrogen-bond donors (Lipinski definition) is 2. The van der Waals surface area contributed by atoms with Gasteiger partial charge in [0.05, 0.1) is 6.61 Å². The number of aliphatic hydroxyl groups excluding tert-OH is 1. The van der Waals surface area contributed by atoms with Crippen LogP contribution in [0.15, 0.2) is 18.2 Å². The summed E-state index contributed by atoms with van der Waals surface area (Å²) in [6.45, 7) is 10.7. The van der Waals surface area contributed by atoms with Crippen LogP contribution in [0, 0.1) is 13.8 Å². The molecule has 3 nitrogen and oxygen atoms in total. The van der Waals surface area contributed by atoms with E-state index in [4.69, 9.17) is 0 Å². The number of benzene rings is 1. The number of aliphatic hydroxyl groups is 1. The molecule has 1 aliphatic rings. The third-order valence-electron chi connectivity index (χ3n) is 3.76. The van der Waals surface area contributed by atoms with Gasteiger partial charge in [0.1, 0.15) is 0 Å². The molecule has 1 unspecified atom stereocenters. The lowest BCUT2D eigenvalue weighted by Crippen LogP contribution is -2.63. The molecule has 0 aromatic heterocycles. The van der Waals surface area contributed by atoms with Gasteiger partial charge in [-0.05, 0) is 44.9 Å². The second kappa shape index (κ2) is 4.90. The van der Waals surface area contributed by atoms with E-state index in [2.05, 4.69) is 56.1 Å². The van der Waals surface area contributed by atoms with Crippen LogP contribution in [0.2, 0.25) is 0 Å². The molecule has 2 rings (SSSR count). The maximum absolute atomic E-state index is 9.42. The maximum atomic E-state index is 9.42. The van der Waals surface area contributed by atoms with Crippen LogP contribution < -0.4 is 10.2 Å². The van der Waals surface area contributed by atoms with Crippen LogP contribution in [-0.2, 0) is 0 Å². The average molecular weight is 248 g/mol. The highest BCUT2D eigenvalue weighted by atomic mass is 16.3. The van der Waals surface area contributed by atoms with Gasteiger partial charge in [-0.3, -0.25) is 0 Å². The summed E-state index contributed by atoms with van der Waals surface area (Å²) in [5, 5.41) is 12.9. The Balaban J connectivity index is 2.29. The molecular formula is C15H24N2O. The minimum absolute atomic E-state index is 0.0296. The normalized spacial score (nSPS) is 23.2. The highest BCUT2D eigenvalue weighted by Gasteiger charge is 2.32. The van der Waals surface area contributed by atoms with Crippen molar-refractivity contribution in [2.75, 3.05) is 24.6 Å². The van der Waals surface area contributed by atoms with Crippen LogP contribution in [0.4, 0.5) is 5.69 Å². The van der Waals surface area contributed by atoms with Crippen LogP contribution >= 0.6 is 0 Å². The zero-order chi connectivity index (χ0) is 13.3. The zero-order valence-corrected chi connectivity index (χ0v) is 11.8. The summed E-state index contributed by atoms with van der Waals surface area (Å²) in [6.07, 6.45) is 0. The van der Waals surface area contributed by atoms with Crippen LogP contribution in [0.5, 0.6) is 0 Å². The summed E-state index contributed by atoms with van der Waals surface area (Å²) in [5.74, 6) is 0. The fourth-order valence-electron chi connectivity index (χ4n) is 2.82. The number of rotatable bonds is 2. The molecular weight excluding hydrogens is 224 g/mol. The molecule has 0 amide bonds. The first kappa shape index (κ1) is 13.4. The summed E-state index contributed by atoms with van der Waals surface area (Å²) in [6, 6.07) is 6.59. The predicted molar refractivity (Wildman–Crippen MR) is 76.2 cm³/mol. The van der Waals surface area contributed by atoms with E-state index in [1.165, 1.54) is 16.8 Å². The fraction of sp³-hybridized carbons (Fsp3) is 0.600. The van der Waals surface area contributed by atoms with Crippen LogP contribution in [-0.4, -0.2) is 36.4 Å². The number of nitrogens with zero attached hydrogens (tertiary/aromatic N) is 1. The van der Waals surface area contributed by atoms with Crippen molar-refractivity contribution < 1.29 is 5.11 Å². The third kappa shape index (κ3) is 2.68. The number of nitrogens with one attached hydrogen (secondary N) is 1. The zero-order valence-electron chi connectivity index (χ0n) is 11.8. The van der Waals surface area contributed by atoms with Gasteiger partial charge in [0, 0.05) is 30.4 Å². The molecule has 0 radical (unpaired) electrons. The molecule has 1 aliphatic heterocycles. The Morgan fingerprint density at radius 3 is 2.78 bits per heavy atom. The molecule has 18 heavy (non-hydrogen) atoms. The van der Waals surface area contributed by atoms with E-state index >= 15 is 0 Å². The Labute approximate surface area is 110 Å². The minimum Gasteiger partial charge on any atom is -0.395 e. The van der Waals surface area contributed by atoms with Gasteiger partial charge in [-0.2, -0.15) is 0 Å². The first-order valence-corrected chi connectivity index (χ1v) is 6.63. The summed E-state index contributed by atoms with van der Waals surface area (Å²) in [4.78, 5) is 2.39. The summed E-state index contributed by atoms with van der Waals surface area (Å²) in [7, 11) is 0. The number of aryl methyl sites for hydroxylation is 1. The molecule has 0 spiro atoms.